The third-order valence-electron chi connectivity index (χ3n) is 5.73. The van der Waals surface area contributed by atoms with Gasteiger partial charge in [0.1, 0.15) is 0 Å². The minimum atomic E-state index is 0.477. The van der Waals surface area contributed by atoms with E-state index in [0.717, 1.165) is 18.2 Å². The molecule has 0 aromatic heterocycles. The molecule has 2 heteroatoms. The number of nitrogens with one attached hydrogen (secondary N) is 1. The Hall–Kier alpha value is -0.470. The maximum absolute atomic E-state index is 3.89. The topological polar surface area (TPSA) is 12.0 Å². The molecule has 3 atom stereocenters. The van der Waals surface area contributed by atoms with Gasteiger partial charge in [0.25, 0.3) is 0 Å². The van der Waals surface area contributed by atoms with Crippen LogP contribution in [0.25, 0.3) is 0 Å². The lowest BCUT2D eigenvalue weighted by molar-refractivity contribution is 0.111. The lowest BCUT2D eigenvalue weighted by Gasteiger charge is -2.43. The molecule has 1 aromatic carbocycles. The third-order valence-corrected chi connectivity index (χ3v) is 6.75. The summed E-state index contributed by atoms with van der Waals surface area (Å²) in [4.78, 5) is 1.38. The molecule has 0 heterocycles. The second kappa shape index (κ2) is 5.38. The number of hydrogen-bond acceptors (Lipinski definition) is 2. The highest BCUT2D eigenvalue weighted by molar-refractivity contribution is 7.99. The van der Waals surface area contributed by atoms with Crippen molar-refractivity contribution in [2.75, 3.05) is 12.3 Å². The van der Waals surface area contributed by atoms with E-state index in [1.807, 2.05) is 11.8 Å². The van der Waals surface area contributed by atoms with E-state index in [-0.39, 0.29) is 0 Å². The van der Waals surface area contributed by atoms with Crippen LogP contribution in [-0.2, 0) is 0 Å². The van der Waals surface area contributed by atoms with Crippen molar-refractivity contribution in [2.24, 2.45) is 16.7 Å². The first-order valence-corrected chi connectivity index (χ1v) is 8.92. The highest BCUT2D eigenvalue weighted by atomic mass is 32.2. The summed E-state index contributed by atoms with van der Waals surface area (Å²) in [6.45, 7) is 8.58. The molecule has 2 saturated carbocycles. The highest BCUT2D eigenvalue weighted by Gasteiger charge is 2.58. The molecule has 1 nitrogen and oxygen atoms in total. The van der Waals surface area contributed by atoms with Gasteiger partial charge in [0.2, 0.25) is 0 Å². The monoisotopic (exact) mass is 289 g/mol. The summed E-state index contributed by atoms with van der Waals surface area (Å²) in [5.74, 6) is 2.10. The summed E-state index contributed by atoms with van der Waals surface area (Å²) in [5.41, 5.74) is 1.02. The molecule has 0 spiro atoms. The normalized spacial score (nSPS) is 34.5. The maximum atomic E-state index is 3.89. The molecule has 2 bridgehead atoms. The van der Waals surface area contributed by atoms with Gasteiger partial charge in [0, 0.05) is 23.2 Å². The molecule has 0 amide bonds. The summed E-state index contributed by atoms with van der Waals surface area (Å²) in [6.07, 6.45) is 4.30. The van der Waals surface area contributed by atoms with Crippen LogP contribution < -0.4 is 5.32 Å². The van der Waals surface area contributed by atoms with Crippen molar-refractivity contribution in [3.63, 3.8) is 0 Å². The zero-order chi connectivity index (χ0) is 14.2. The van der Waals surface area contributed by atoms with E-state index in [0.29, 0.717) is 16.9 Å². The van der Waals surface area contributed by atoms with Crippen LogP contribution in [0.5, 0.6) is 0 Å². The molecule has 2 fully saturated rings. The predicted molar refractivity (Wildman–Crippen MR) is 88.2 cm³/mol. The van der Waals surface area contributed by atoms with Crippen LogP contribution in [0.15, 0.2) is 35.2 Å². The average molecular weight is 289 g/mol. The number of benzene rings is 1. The van der Waals surface area contributed by atoms with Crippen molar-refractivity contribution in [3.05, 3.63) is 30.3 Å². The molecule has 0 aliphatic heterocycles. The van der Waals surface area contributed by atoms with Crippen LogP contribution in [-0.4, -0.2) is 18.3 Å². The van der Waals surface area contributed by atoms with E-state index < -0.39 is 0 Å². The van der Waals surface area contributed by atoms with Crippen molar-refractivity contribution in [1.82, 2.24) is 5.32 Å². The molecule has 0 saturated heterocycles. The predicted octanol–water partition coefficient (Wildman–Crippen LogP) is 4.58. The molecule has 1 aromatic rings. The molecule has 20 heavy (non-hydrogen) atoms. The van der Waals surface area contributed by atoms with Crippen molar-refractivity contribution in [2.45, 2.75) is 51.0 Å². The van der Waals surface area contributed by atoms with Gasteiger partial charge in [0.15, 0.2) is 0 Å². The minimum absolute atomic E-state index is 0.477. The van der Waals surface area contributed by atoms with Gasteiger partial charge >= 0.3 is 0 Å². The van der Waals surface area contributed by atoms with Crippen LogP contribution >= 0.6 is 11.8 Å². The largest absolute Gasteiger partial charge is 0.312 e. The Kier molecular flexibility index (Phi) is 3.89. The number of fused-ring (bicyclic) bond motifs is 2. The summed E-state index contributed by atoms with van der Waals surface area (Å²) in [5, 5.41) is 3.89. The van der Waals surface area contributed by atoms with Crippen molar-refractivity contribution in [1.29, 1.82) is 0 Å². The Morgan fingerprint density at radius 1 is 1.20 bits per heavy atom. The van der Waals surface area contributed by atoms with Crippen LogP contribution in [0.2, 0.25) is 0 Å². The molecule has 2 aliphatic rings. The average Bonchev–Trinajstić information content (AvgIpc) is 2.90. The lowest BCUT2D eigenvalue weighted by Crippen LogP contribution is -2.50. The van der Waals surface area contributed by atoms with Crippen LogP contribution in [0.3, 0.4) is 0 Å². The van der Waals surface area contributed by atoms with Gasteiger partial charge in [-0.25, -0.2) is 0 Å². The second-order valence-electron chi connectivity index (χ2n) is 7.46. The van der Waals surface area contributed by atoms with Gasteiger partial charge < -0.3 is 5.32 Å². The molecule has 1 unspecified atom stereocenters. The Bertz CT molecular complexity index is 451. The number of hydrogen-bond donors (Lipinski definition) is 1. The molecule has 0 radical (unpaired) electrons. The van der Waals surface area contributed by atoms with E-state index in [2.05, 4.69) is 56.4 Å². The van der Waals surface area contributed by atoms with Gasteiger partial charge in [-0.05, 0) is 48.1 Å². The molecule has 3 rings (SSSR count). The maximum Gasteiger partial charge on any atom is 0.0175 e. The van der Waals surface area contributed by atoms with E-state index in [1.54, 1.807) is 0 Å². The first-order valence-electron chi connectivity index (χ1n) is 7.94. The smallest absolute Gasteiger partial charge is 0.0175 e. The molecule has 110 valence electrons. The molecule has 2 aliphatic carbocycles. The Balaban J connectivity index is 1.51. The number of rotatable bonds is 5. The summed E-state index contributed by atoms with van der Waals surface area (Å²) < 4.78 is 0. The summed E-state index contributed by atoms with van der Waals surface area (Å²) in [7, 11) is 0. The van der Waals surface area contributed by atoms with E-state index in [1.165, 1.54) is 24.2 Å². The van der Waals surface area contributed by atoms with Gasteiger partial charge in [-0.15, -0.1) is 11.8 Å². The molecule has 1 N–H and O–H groups in total. The zero-order valence-corrected chi connectivity index (χ0v) is 13.8. The molecular weight excluding hydrogens is 262 g/mol. The molecular formula is C18H27NS. The van der Waals surface area contributed by atoms with Crippen LogP contribution in [0.4, 0.5) is 0 Å². The van der Waals surface area contributed by atoms with Crippen LogP contribution in [0.1, 0.15) is 40.0 Å². The van der Waals surface area contributed by atoms with Crippen molar-refractivity contribution in [3.8, 4) is 0 Å². The fraction of sp³-hybridized carbons (Fsp3) is 0.667. The van der Waals surface area contributed by atoms with Crippen molar-refractivity contribution < 1.29 is 0 Å². The summed E-state index contributed by atoms with van der Waals surface area (Å²) >= 11 is 1.96. The van der Waals surface area contributed by atoms with E-state index in [9.17, 15) is 0 Å². The Morgan fingerprint density at radius 2 is 1.95 bits per heavy atom. The fourth-order valence-corrected chi connectivity index (χ4v) is 5.51. The van der Waals surface area contributed by atoms with Crippen molar-refractivity contribution >= 4 is 11.8 Å². The lowest BCUT2D eigenvalue weighted by atomic mass is 9.68. The SMILES string of the molecule is CC1(C)C(NCCSc2ccccc2)[C@]2(C)CC[C@H]1C2. The highest BCUT2D eigenvalue weighted by Crippen LogP contribution is 2.62. The number of thioether (sulfide) groups is 1. The summed E-state index contributed by atoms with van der Waals surface area (Å²) in [6, 6.07) is 11.4. The van der Waals surface area contributed by atoms with Gasteiger partial charge in [-0.1, -0.05) is 39.0 Å². The van der Waals surface area contributed by atoms with Crippen LogP contribution in [0, 0.1) is 16.7 Å². The fourth-order valence-electron chi connectivity index (χ4n) is 4.70. The second-order valence-corrected chi connectivity index (χ2v) is 8.63. The van der Waals surface area contributed by atoms with E-state index in [4.69, 9.17) is 0 Å². The third kappa shape index (κ3) is 2.53. The zero-order valence-electron chi connectivity index (χ0n) is 13.0. The quantitative estimate of drug-likeness (QED) is 0.629. The Labute approximate surface area is 127 Å². The van der Waals surface area contributed by atoms with Gasteiger partial charge in [-0.2, -0.15) is 0 Å². The first kappa shape index (κ1) is 14.5. The first-order chi connectivity index (χ1) is 9.52. The standard InChI is InChI=1S/C18H27NS/c1-17(2)14-9-10-18(3,13-14)16(17)19-11-12-20-15-7-5-4-6-8-15/h4-8,14,16,19H,9-13H2,1-3H3/t14-,16?,18+/m0/s1. The Morgan fingerprint density at radius 3 is 2.60 bits per heavy atom. The van der Waals surface area contributed by atoms with Gasteiger partial charge in [-0.3, -0.25) is 0 Å². The van der Waals surface area contributed by atoms with Gasteiger partial charge in [0.05, 0.1) is 0 Å². The minimum Gasteiger partial charge on any atom is -0.312 e. The van der Waals surface area contributed by atoms with E-state index >= 15 is 0 Å².